The van der Waals surface area contributed by atoms with E-state index in [0.29, 0.717) is 0 Å². The molecule has 220 valence electrons. The smallest absolute Gasteiger partial charge is 0.225 e. The van der Waals surface area contributed by atoms with E-state index in [9.17, 15) is 4.79 Å². The Bertz CT molecular complexity index is 1080. The Balaban J connectivity index is 0.00000560. The Hall–Kier alpha value is -2.18. The molecule has 3 aromatic rings. The number of rotatable bonds is 19. The third kappa shape index (κ3) is 13.0. The summed E-state index contributed by atoms with van der Waals surface area (Å²) in [7, 11) is 0. The van der Waals surface area contributed by atoms with Crippen LogP contribution in [0.2, 0.25) is 0 Å². The predicted octanol–water partition coefficient (Wildman–Crippen LogP) is 5.70. The highest BCUT2D eigenvalue weighted by Crippen LogP contribution is 2.25. The standard InChI is InChI=1S/C34H48N2O2S.BrH/c1-4-5-6-7-8-9-10-11-12-13-14-15-24-38-33-22-20-32(21-23-33)34(35-29(3)37)31-18-16-30(17-19-31)26-36-25-28(2)39-27-36;/h16-23,25,27,34H,4-15,24,26H2,1-3H3;1H. The lowest BCUT2D eigenvalue weighted by atomic mass is 9.97. The van der Waals surface area contributed by atoms with Crippen LogP contribution in [0.4, 0.5) is 0 Å². The van der Waals surface area contributed by atoms with Gasteiger partial charge >= 0.3 is 0 Å². The lowest BCUT2D eigenvalue weighted by Gasteiger charge is -2.19. The molecule has 0 bridgehead atoms. The summed E-state index contributed by atoms with van der Waals surface area (Å²) in [6.07, 6.45) is 18.3. The number of carbonyl (C=O) groups is 1. The summed E-state index contributed by atoms with van der Waals surface area (Å²) >= 11 is 1.76. The summed E-state index contributed by atoms with van der Waals surface area (Å²) in [6.45, 7) is 7.58. The van der Waals surface area contributed by atoms with Crippen LogP contribution >= 0.6 is 11.3 Å². The molecular weight excluding hydrogens is 580 g/mol. The fourth-order valence-corrected chi connectivity index (χ4v) is 5.64. The first-order valence-electron chi connectivity index (χ1n) is 15.1. The van der Waals surface area contributed by atoms with Gasteiger partial charge in [-0.05, 0) is 36.6 Å². The van der Waals surface area contributed by atoms with Crippen LogP contribution in [0.25, 0.3) is 0 Å². The van der Waals surface area contributed by atoms with Crippen LogP contribution in [0.3, 0.4) is 0 Å². The number of halogens is 1. The number of nitrogens with one attached hydrogen (secondary N) is 1. The number of benzene rings is 2. The number of aromatic nitrogens is 1. The zero-order chi connectivity index (χ0) is 27.7. The van der Waals surface area contributed by atoms with Crippen LogP contribution in [0, 0.1) is 6.92 Å². The molecule has 0 aliphatic carbocycles. The summed E-state index contributed by atoms with van der Waals surface area (Å²) in [5, 5.41) is 3.12. The van der Waals surface area contributed by atoms with E-state index in [1.54, 1.807) is 18.3 Å². The lowest BCUT2D eigenvalue weighted by Crippen LogP contribution is -3.00. The second-order valence-corrected chi connectivity index (χ2v) is 11.9. The molecule has 6 heteroatoms. The molecule has 1 unspecified atom stereocenters. The zero-order valence-electron chi connectivity index (χ0n) is 24.8. The van der Waals surface area contributed by atoms with Crippen LogP contribution in [-0.4, -0.2) is 12.5 Å². The van der Waals surface area contributed by atoms with Crippen LogP contribution in [0.5, 0.6) is 5.75 Å². The Morgan fingerprint density at radius 2 is 1.35 bits per heavy atom. The molecule has 1 aromatic heterocycles. The first-order valence-corrected chi connectivity index (χ1v) is 16.0. The second kappa shape index (κ2) is 19.8. The number of hydrogen-bond acceptors (Lipinski definition) is 3. The van der Waals surface area contributed by atoms with Gasteiger partial charge in [-0.3, -0.25) is 4.79 Å². The molecule has 0 aliphatic heterocycles. The maximum Gasteiger partial charge on any atom is 0.225 e. The van der Waals surface area contributed by atoms with E-state index in [2.05, 4.69) is 71.8 Å². The van der Waals surface area contributed by atoms with Gasteiger partial charge in [0.1, 0.15) is 5.75 Å². The number of carbonyl (C=O) groups excluding carboxylic acids is 1. The van der Waals surface area contributed by atoms with E-state index < -0.39 is 0 Å². The molecule has 0 spiro atoms. The van der Waals surface area contributed by atoms with Gasteiger partial charge in [0, 0.05) is 12.5 Å². The normalized spacial score (nSPS) is 11.6. The van der Waals surface area contributed by atoms with E-state index >= 15 is 0 Å². The Morgan fingerprint density at radius 1 is 0.825 bits per heavy atom. The first kappa shape index (κ1) is 34.0. The van der Waals surface area contributed by atoms with Gasteiger partial charge in [0.05, 0.1) is 17.5 Å². The minimum atomic E-state index is -0.182. The summed E-state index contributed by atoms with van der Waals surface area (Å²) in [5.74, 6) is 0.850. The van der Waals surface area contributed by atoms with E-state index in [1.807, 2.05) is 12.1 Å². The highest BCUT2D eigenvalue weighted by Gasteiger charge is 2.16. The number of ether oxygens (including phenoxy) is 1. The average molecular weight is 630 g/mol. The quantitative estimate of drug-likeness (QED) is 0.137. The largest absolute Gasteiger partial charge is 1.00 e. The maximum absolute atomic E-state index is 12.0. The van der Waals surface area contributed by atoms with Crippen molar-refractivity contribution in [2.24, 2.45) is 0 Å². The fourth-order valence-electron chi connectivity index (χ4n) is 5.01. The molecular formula is C34H49BrN2O2S. The monoisotopic (exact) mass is 628 g/mol. The molecule has 3 rings (SSSR count). The fraction of sp³-hybridized carbons (Fsp3) is 0.529. The van der Waals surface area contributed by atoms with Gasteiger partial charge in [0.25, 0.3) is 0 Å². The molecule has 0 aliphatic rings. The van der Waals surface area contributed by atoms with Gasteiger partial charge in [-0.25, -0.2) is 0 Å². The highest BCUT2D eigenvalue weighted by molar-refractivity contribution is 7.09. The van der Waals surface area contributed by atoms with Crippen molar-refractivity contribution in [2.75, 3.05) is 6.61 Å². The van der Waals surface area contributed by atoms with Crippen molar-refractivity contribution in [3.63, 3.8) is 0 Å². The van der Waals surface area contributed by atoms with Crippen LogP contribution < -0.4 is 31.6 Å². The highest BCUT2D eigenvalue weighted by atomic mass is 79.9. The minimum absolute atomic E-state index is 0. The van der Waals surface area contributed by atoms with Gasteiger partial charge in [0.2, 0.25) is 11.4 Å². The third-order valence-electron chi connectivity index (χ3n) is 7.23. The van der Waals surface area contributed by atoms with E-state index in [0.717, 1.165) is 36.4 Å². The van der Waals surface area contributed by atoms with Gasteiger partial charge in [-0.15, -0.1) is 0 Å². The maximum atomic E-state index is 12.0. The number of aryl methyl sites for hydroxylation is 1. The molecule has 40 heavy (non-hydrogen) atoms. The van der Waals surface area contributed by atoms with Crippen molar-refractivity contribution < 1.29 is 31.1 Å². The minimum Gasteiger partial charge on any atom is -1.00 e. The van der Waals surface area contributed by atoms with Crippen molar-refractivity contribution in [3.05, 3.63) is 81.8 Å². The average Bonchev–Trinajstić information content (AvgIpc) is 3.35. The van der Waals surface area contributed by atoms with Gasteiger partial charge in [-0.2, -0.15) is 4.57 Å². The van der Waals surface area contributed by atoms with Crippen molar-refractivity contribution in [1.29, 1.82) is 0 Å². The van der Waals surface area contributed by atoms with E-state index in [4.69, 9.17) is 4.74 Å². The Kier molecular flexibility index (Phi) is 16.9. The summed E-state index contributed by atoms with van der Waals surface area (Å²) in [6, 6.07) is 16.5. The second-order valence-electron chi connectivity index (χ2n) is 10.8. The van der Waals surface area contributed by atoms with Crippen molar-refractivity contribution in [1.82, 2.24) is 5.32 Å². The molecule has 1 amide bonds. The van der Waals surface area contributed by atoms with Gasteiger partial charge in [-0.1, -0.05) is 125 Å². The van der Waals surface area contributed by atoms with Crippen molar-refractivity contribution >= 4 is 17.2 Å². The van der Waals surface area contributed by atoms with Gasteiger partial charge in [0.15, 0.2) is 12.7 Å². The van der Waals surface area contributed by atoms with Crippen LogP contribution in [0.15, 0.2) is 60.2 Å². The Morgan fingerprint density at radius 3 is 1.85 bits per heavy atom. The van der Waals surface area contributed by atoms with Crippen LogP contribution in [-0.2, 0) is 11.3 Å². The summed E-state index contributed by atoms with van der Waals surface area (Å²) in [4.78, 5) is 13.3. The summed E-state index contributed by atoms with van der Waals surface area (Å²) in [5.41, 5.74) is 5.51. The van der Waals surface area contributed by atoms with E-state index in [1.165, 1.54) is 81.1 Å². The van der Waals surface area contributed by atoms with Gasteiger partial charge < -0.3 is 27.0 Å². The molecule has 1 heterocycles. The van der Waals surface area contributed by atoms with Crippen LogP contribution in [0.1, 0.15) is 119 Å². The molecule has 1 N–H and O–H groups in total. The number of hydrogen-bond donors (Lipinski definition) is 1. The zero-order valence-corrected chi connectivity index (χ0v) is 27.2. The number of unbranched alkanes of at least 4 members (excludes halogenated alkanes) is 11. The SMILES string of the molecule is CCCCCCCCCCCCCCOc1ccc(C(NC(C)=O)c2ccc(C[n+]3csc(C)c3)cc2)cc1.[Br-]. The molecule has 1 atom stereocenters. The molecule has 4 nitrogen and oxygen atoms in total. The number of thiazole rings is 1. The lowest BCUT2D eigenvalue weighted by molar-refractivity contribution is -0.683. The van der Waals surface area contributed by atoms with Crippen molar-refractivity contribution in [3.8, 4) is 5.75 Å². The third-order valence-corrected chi connectivity index (χ3v) is 8.08. The predicted molar refractivity (Wildman–Crippen MR) is 163 cm³/mol. The topological polar surface area (TPSA) is 42.2 Å². The summed E-state index contributed by atoms with van der Waals surface area (Å²) < 4.78 is 8.21. The van der Waals surface area contributed by atoms with E-state index in [-0.39, 0.29) is 28.9 Å². The number of amides is 1. The molecule has 2 aromatic carbocycles. The first-order chi connectivity index (χ1) is 19.0. The molecule has 0 saturated carbocycles. The molecule has 0 fully saturated rings. The molecule has 0 saturated heterocycles. The Labute approximate surface area is 257 Å². The number of nitrogens with zero attached hydrogens (tertiary/aromatic N) is 1. The molecule has 0 radical (unpaired) electrons. The van der Waals surface area contributed by atoms with Crippen molar-refractivity contribution in [2.45, 2.75) is 110 Å².